The second-order valence-electron chi connectivity index (χ2n) is 5.24. The summed E-state index contributed by atoms with van der Waals surface area (Å²) in [6.07, 6.45) is 7.91. The highest BCUT2D eigenvalue weighted by molar-refractivity contribution is 5.50. The molecule has 18 heavy (non-hydrogen) atoms. The van der Waals surface area contributed by atoms with Crippen molar-refractivity contribution in [1.82, 2.24) is 0 Å². The van der Waals surface area contributed by atoms with Gasteiger partial charge in [0.25, 0.3) is 0 Å². The Morgan fingerprint density at radius 3 is 3.00 bits per heavy atom. The van der Waals surface area contributed by atoms with Gasteiger partial charge in [0, 0.05) is 23.9 Å². The fraction of sp³-hybridized carbons (Fsp3) is 0.500. The average molecular weight is 243 g/mol. The summed E-state index contributed by atoms with van der Waals surface area (Å²) < 4.78 is 5.78. The minimum atomic E-state index is 0.368. The quantitative estimate of drug-likeness (QED) is 0.823. The minimum absolute atomic E-state index is 0.368. The number of nitrogens with one attached hydrogen (secondary N) is 1. The van der Waals surface area contributed by atoms with Gasteiger partial charge in [0.2, 0.25) is 0 Å². The van der Waals surface area contributed by atoms with Crippen LogP contribution in [0, 0.1) is 18.3 Å². The van der Waals surface area contributed by atoms with Gasteiger partial charge in [-0.3, -0.25) is 0 Å². The van der Waals surface area contributed by atoms with Crippen LogP contribution in [0.5, 0.6) is 0 Å². The predicted octanol–water partition coefficient (Wildman–Crippen LogP) is 3.28. The van der Waals surface area contributed by atoms with Crippen LogP contribution in [-0.2, 0) is 4.74 Å². The lowest BCUT2D eigenvalue weighted by molar-refractivity contribution is -0.0160. The van der Waals surface area contributed by atoms with E-state index in [9.17, 15) is 0 Å². The maximum absolute atomic E-state index is 5.78. The number of anilines is 1. The Morgan fingerprint density at radius 1 is 1.44 bits per heavy atom. The van der Waals surface area contributed by atoms with Crippen molar-refractivity contribution in [2.45, 2.75) is 38.8 Å². The van der Waals surface area contributed by atoms with Crippen LogP contribution in [0.15, 0.2) is 24.3 Å². The van der Waals surface area contributed by atoms with Gasteiger partial charge < -0.3 is 10.1 Å². The van der Waals surface area contributed by atoms with Gasteiger partial charge in [-0.1, -0.05) is 25.8 Å². The van der Waals surface area contributed by atoms with Crippen molar-refractivity contribution in [2.75, 3.05) is 11.9 Å². The molecule has 2 nitrogen and oxygen atoms in total. The average Bonchev–Trinajstić information content (AvgIpc) is 2.39. The summed E-state index contributed by atoms with van der Waals surface area (Å²) in [6.45, 7) is 5.27. The van der Waals surface area contributed by atoms with Crippen molar-refractivity contribution in [3.8, 4) is 12.3 Å². The molecule has 0 amide bonds. The maximum atomic E-state index is 5.78. The Kier molecular flexibility index (Phi) is 4.28. The molecule has 2 heteroatoms. The summed E-state index contributed by atoms with van der Waals surface area (Å²) in [5, 5.41) is 3.56. The third-order valence-corrected chi connectivity index (χ3v) is 3.46. The molecular formula is C16H21NO. The molecule has 1 saturated heterocycles. The monoisotopic (exact) mass is 243 g/mol. The molecule has 1 heterocycles. The molecule has 1 aromatic carbocycles. The van der Waals surface area contributed by atoms with E-state index in [1.54, 1.807) is 0 Å². The molecular weight excluding hydrogens is 222 g/mol. The Balaban J connectivity index is 1.98. The van der Waals surface area contributed by atoms with Crippen molar-refractivity contribution >= 4 is 5.69 Å². The van der Waals surface area contributed by atoms with E-state index < -0.39 is 0 Å². The second-order valence-corrected chi connectivity index (χ2v) is 5.24. The maximum Gasteiger partial charge on any atom is 0.0617 e. The first-order valence-electron chi connectivity index (χ1n) is 6.64. The molecule has 0 radical (unpaired) electrons. The van der Waals surface area contributed by atoms with Crippen molar-refractivity contribution in [2.24, 2.45) is 5.92 Å². The van der Waals surface area contributed by atoms with Crippen LogP contribution in [0.3, 0.4) is 0 Å². The second kappa shape index (κ2) is 5.93. The van der Waals surface area contributed by atoms with E-state index in [-0.39, 0.29) is 0 Å². The van der Waals surface area contributed by atoms with Gasteiger partial charge in [0.1, 0.15) is 0 Å². The topological polar surface area (TPSA) is 21.3 Å². The lowest BCUT2D eigenvalue weighted by Crippen LogP contribution is -2.36. The fourth-order valence-corrected chi connectivity index (χ4v) is 2.36. The van der Waals surface area contributed by atoms with E-state index in [1.807, 2.05) is 18.2 Å². The van der Waals surface area contributed by atoms with Crippen LogP contribution in [0.2, 0.25) is 0 Å². The van der Waals surface area contributed by atoms with E-state index in [2.05, 4.69) is 31.2 Å². The third-order valence-electron chi connectivity index (χ3n) is 3.46. The normalized spacial score (nSPS) is 23.7. The smallest absolute Gasteiger partial charge is 0.0617 e. The van der Waals surface area contributed by atoms with Gasteiger partial charge in [-0.2, -0.15) is 0 Å². The summed E-state index contributed by atoms with van der Waals surface area (Å²) in [6, 6.07) is 8.53. The number of rotatable bonds is 3. The highest BCUT2D eigenvalue weighted by atomic mass is 16.5. The number of hydrogen-bond acceptors (Lipinski definition) is 2. The Labute approximate surface area is 110 Å². The van der Waals surface area contributed by atoms with Gasteiger partial charge in [-0.25, -0.2) is 0 Å². The van der Waals surface area contributed by atoms with Crippen LogP contribution in [0.1, 0.15) is 32.3 Å². The van der Waals surface area contributed by atoms with Crippen LogP contribution >= 0.6 is 0 Å². The SMILES string of the molecule is C#Cc1cccc(NC2CCOC(C(C)C)C2)c1. The summed E-state index contributed by atoms with van der Waals surface area (Å²) in [7, 11) is 0. The summed E-state index contributed by atoms with van der Waals surface area (Å²) in [4.78, 5) is 0. The zero-order valence-electron chi connectivity index (χ0n) is 11.1. The molecule has 0 saturated carbocycles. The van der Waals surface area contributed by atoms with E-state index in [0.717, 1.165) is 30.7 Å². The molecule has 0 bridgehead atoms. The summed E-state index contributed by atoms with van der Waals surface area (Å²) in [5.41, 5.74) is 2.03. The Morgan fingerprint density at radius 2 is 2.28 bits per heavy atom. The van der Waals surface area contributed by atoms with Gasteiger partial charge in [0.05, 0.1) is 6.10 Å². The van der Waals surface area contributed by atoms with Gasteiger partial charge in [-0.15, -0.1) is 6.42 Å². The Hall–Kier alpha value is -1.46. The van der Waals surface area contributed by atoms with Crippen molar-refractivity contribution in [3.05, 3.63) is 29.8 Å². The molecule has 0 spiro atoms. The van der Waals surface area contributed by atoms with Crippen LogP contribution in [-0.4, -0.2) is 18.8 Å². The Bertz CT molecular complexity index is 433. The zero-order chi connectivity index (χ0) is 13.0. The molecule has 1 aliphatic heterocycles. The molecule has 0 aliphatic carbocycles. The van der Waals surface area contributed by atoms with E-state index in [4.69, 9.17) is 11.2 Å². The number of hydrogen-bond donors (Lipinski definition) is 1. The molecule has 1 N–H and O–H groups in total. The molecule has 2 unspecified atom stereocenters. The predicted molar refractivity (Wildman–Crippen MR) is 75.6 cm³/mol. The van der Waals surface area contributed by atoms with Crippen molar-refractivity contribution in [3.63, 3.8) is 0 Å². The number of ether oxygens (including phenoxy) is 1. The summed E-state index contributed by atoms with van der Waals surface area (Å²) >= 11 is 0. The number of terminal acetylenes is 1. The first kappa shape index (κ1) is 13.0. The highest BCUT2D eigenvalue weighted by Crippen LogP contribution is 2.23. The minimum Gasteiger partial charge on any atom is -0.382 e. The molecule has 1 aliphatic rings. The van der Waals surface area contributed by atoms with Gasteiger partial charge >= 0.3 is 0 Å². The van der Waals surface area contributed by atoms with Crippen molar-refractivity contribution < 1.29 is 4.74 Å². The van der Waals surface area contributed by atoms with E-state index in [1.165, 1.54) is 0 Å². The molecule has 96 valence electrons. The van der Waals surface area contributed by atoms with Crippen LogP contribution in [0.4, 0.5) is 5.69 Å². The van der Waals surface area contributed by atoms with E-state index >= 15 is 0 Å². The molecule has 1 fully saturated rings. The lowest BCUT2D eigenvalue weighted by atomic mass is 9.95. The van der Waals surface area contributed by atoms with Gasteiger partial charge in [-0.05, 0) is 37.0 Å². The van der Waals surface area contributed by atoms with E-state index in [0.29, 0.717) is 18.1 Å². The zero-order valence-corrected chi connectivity index (χ0v) is 11.1. The fourth-order valence-electron chi connectivity index (χ4n) is 2.36. The molecule has 0 aromatic heterocycles. The number of benzene rings is 1. The molecule has 2 rings (SSSR count). The highest BCUT2D eigenvalue weighted by Gasteiger charge is 2.24. The molecule has 1 aromatic rings. The third kappa shape index (κ3) is 3.27. The molecule has 2 atom stereocenters. The summed E-state index contributed by atoms with van der Waals surface area (Å²) in [5.74, 6) is 3.24. The van der Waals surface area contributed by atoms with Crippen molar-refractivity contribution in [1.29, 1.82) is 0 Å². The van der Waals surface area contributed by atoms with Gasteiger partial charge in [0.15, 0.2) is 0 Å². The van der Waals surface area contributed by atoms with Crippen LogP contribution < -0.4 is 5.32 Å². The first-order valence-corrected chi connectivity index (χ1v) is 6.64. The first-order chi connectivity index (χ1) is 8.69. The largest absolute Gasteiger partial charge is 0.382 e. The lowest BCUT2D eigenvalue weighted by Gasteiger charge is -2.33. The standard InChI is InChI=1S/C16H21NO/c1-4-13-6-5-7-14(10-13)17-15-8-9-18-16(11-15)12(2)3/h1,5-7,10,12,15-17H,8-9,11H2,2-3H3. The van der Waals surface area contributed by atoms with Crippen LogP contribution in [0.25, 0.3) is 0 Å².